The summed E-state index contributed by atoms with van der Waals surface area (Å²) in [7, 11) is 0. The number of hydrogen-bond acceptors (Lipinski definition) is 3. The lowest BCUT2D eigenvalue weighted by Crippen LogP contribution is -2.51. The second-order valence-corrected chi connectivity index (χ2v) is 6.49. The number of amides is 1. The first-order chi connectivity index (χ1) is 10.3. The normalized spacial score (nSPS) is 29.4. The standard InChI is InChI=1S/C17H22N2O2/c20-17(14-4-2-1-3-5-14)19-11-15-16(12-19)21-9-8-18(15)10-13-6-7-13/h1-5,13,15-16H,6-12H2/t15-,16+/m1/s1. The van der Waals surface area contributed by atoms with E-state index >= 15 is 0 Å². The van der Waals surface area contributed by atoms with Crippen LogP contribution in [0.4, 0.5) is 0 Å². The molecule has 1 aromatic carbocycles. The molecule has 0 aromatic heterocycles. The topological polar surface area (TPSA) is 32.8 Å². The average Bonchev–Trinajstić information content (AvgIpc) is 3.23. The summed E-state index contributed by atoms with van der Waals surface area (Å²) in [6.07, 6.45) is 2.95. The van der Waals surface area contributed by atoms with Gasteiger partial charge in [0.25, 0.3) is 5.91 Å². The van der Waals surface area contributed by atoms with Crippen molar-refractivity contribution >= 4 is 5.91 Å². The van der Waals surface area contributed by atoms with E-state index in [1.807, 2.05) is 35.2 Å². The summed E-state index contributed by atoms with van der Waals surface area (Å²) in [6.45, 7) is 4.56. The van der Waals surface area contributed by atoms with Crippen molar-refractivity contribution in [3.8, 4) is 0 Å². The van der Waals surface area contributed by atoms with Gasteiger partial charge < -0.3 is 9.64 Å². The maximum absolute atomic E-state index is 12.6. The molecule has 4 rings (SSSR count). The van der Waals surface area contributed by atoms with Crippen molar-refractivity contribution < 1.29 is 9.53 Å². The molecule has 1 amide bonds. The monoisotopic (exact) mass is 286 g/mol. The summed E-state index contributed by atoms with van der Waals surface area (Å²) in [5.74, 6) is 1.03. The van der Waals surface area contributed by atoms with E-state index in [9.17, 15) is 4.79 Å². The number of morpholine rings is 1. The Bertz CT molecular complexity index is 515. The number of carbonyl (C=O) groups is 1. The number of ether oxygens (including phenoxy) is 1. The maximum Gasteiger partial charge on any atom is 0.253 e. The van der Waals surface area contributed by atoms with Gasteiger partial charge in [0.05, 0.1) is 18.8 Å². The summed E-state index contributed by atoms with van der Waals surface area (Å²) >= 11 is 0. The fourth-order valence-corrected chi connectivity index (χ4v) is 3.55. The lowest BCUT2D eigenvalue weighted by Gasteiger charge is -2.36. The summed E-state index contributed by atoms with van der Waals surface area (Å²) in [6, 6.07) is 9.98. The van der Waals surface area contributed by atoms with Crippen LogP contribution in [0.15, 0.2) is 30.3 Å². The third kappa shape index (κ3) is 2.70. The van der Waals surface area contributed by atoms with Gasteiger partial charge in [-0.05, 0) is 30.9 Å². The van der Waals surface area contributed by atoms with E-state index < -0.39 is 0 Å². The molecule has 3 fully saturated rings. The lowest BCUT2D eigenvalue weighted by molar-refractivity contribution is -0.0484. The van der Waals surface area contributed by atoms with E-state index in [0.717, 1.165) is 37.7 Å². The second kappa shape index (κ2) is 5.43. The smallest absolute Gasteiger partial charge is 0.253 e. The number of hydrogen-bond donors (Lipinski definition) is 0. The van der Waals surface area contributed by atoms with Crippen molar-refractivity contribution in [1.29, 1.82) is 0 Å². The minimum atomic E-state index is 0.139. The van der Waals surface area contributed by atoms with Gasteiger partial charge in [-0.2, -0.15) is 0 Å². The van der Waals surface area contributed by atoms with Crippen LogP contribution in [0.25, 0.3) is 0 Å². The number of carbonyl (C=O) groups excluding carboxylic acids is 1. The van der Waals surface area contributed by atoms with Crippen LogP contribution in [0.1, 0.15) is 23.2 Å². The molecule has 2 saturated heterocycles. The number of likely N-dealkylation sites (tertiary alicyclic amines) is 1. The van der Waals surface area contributed by atoms with Gasteiger partial charge in [0.2, 0.25) is 0 Å². The number of fused-ring (bicyclic) bond motifs is 1. The molecule has 1 saturated carbocycles. The van der Waals surface area contributed by atoms with Gasteiger partial charge in [-0.1, -0.05) is 18.2 Å². The second-order valence-electron chi connectivity index (χ2n) is 6.49. The zero-order chi connectivity index (χ0) is 14.2. The highest BCUT2D eigenvalue weighted by Crippen LogP contribution is 2.33. The molecule has 4 heteroatoms. The quantitative estimate of drug-likeness (QED) is 0.846. The predicted octanol–water partition coefficient (Wildman–Crippen LogP) is 1.62. The van der Waals surface area contributed by atoms with E-state index in [2.05, 4.69) is 4.90 Å². The van der Waals surface area contributed by atoms with Gasteiger partial charge in [0, 0.05) is 31.7 Å². The lowest BCUT2D eigenvalue weighted by atomic mass is 10.1. The SMILES string of the molecule is O=C(c1ccccc1)N1C[C@@H]2OCCN(CC3CC3)[C@@H]2C1. The van der Waals surface area contributed by atoms with Gasteiger partial charge in [-0.3, -0.25) is 9.69 Å². The Kier molecular flexibility index (Phi) is 3.43. The Morgan fingerprint density at radius 2 is 2.00 bits per heavy atom. The molecule has 0 unspecified atom stereocenters. The molecule has 0 bridgehead atoms. The molecule has 0 N–H and O–H groups in total. The van der Waals surface area contributed by atoms with Crippen LogP contribution < -0.4 is 0 Å². The van der Waals surface area contributed by atoms with Crippen molar-refractivity contribution in [3.05, 3.63) is 35.9 Å². The summed E-state index contributed by atoms with van der Waals surface area (Å²) in [5, 5.41) is 0. The Morgan fingerprint density at radius 1 is 1.19 bits per heavy atom. The number of nitrogens with zero attached hydrogens (tertiary/aromatic N) is 2. The van der Waals surface area contributed by atoms with Crippen molar-refractivity contribution in [3.63, 3.8) is 0 Å². The van der Waals surface area contributed by atoms with E-state index in [1.54, 1.807) is 0 Å². The molecule has 2 aliphatic heterocycles. The molecule has 2 heterocycles. The molecule has 21 heavy (non-hydrogen) atoms. The third-order valence-corrected chi connectivity index (χ3v) is 4.91. The van der Waals surface area contributed by atoms with Crippen molar-refractivity contribution in [1.82, 2.24) is 9.80 Å². The van der Waals surface area contributed by atoms with Crippen molar-refractivity contribution in [2.75, 3.05) is 32.8 Å². The molecule has 0 spiro atoms. The Hall–Kier alpha value is -1.39. The van der Waals surface area contributed by atoms with Crippen LogP contribution in [-0.2, 0) is 4.74 Å². The van der Waals surface area contributed by atoms with Crippen LogP contribution in [0, 0.1) is 5.92 Å². The number of benzene rings is 1. The van der Waals surface area contributed by atoms with Crippen LogP contribution in [-0.4, -0.2) is 60.6 Å². The summed E-state index contributed by atoms with van der Waals surface area (Å²) < 4.78 is 5.91. The van der Waals surface area contributed by atoms with Crippen molar-refractivity contribution in [2.24, 2.45) is 5.92 Å². The highest BCUT2D eigenvalue weighted by atomic mass is 16.5. The fraction of sp³-hybridized carbons (Fsp3) is 0.588. The molecule has 0 radical (unpaired) electrons. The summed E-state index contributed by atoms with van der Waals surface area (Å²) in [4.78, 5) is 17.1. The predicted molar refractivity (Wildman–Crippen MR) is 80.2 cm³/mol. The fourth-order valence-electron chi connectivity index (χ4n) is 3.55. The van der Waals surface area contributed by atoms with E-state index in [-0.39, 0.29) is 12.0 Å². The third-order valence-electron chi connectivity index (χ3n) is 4.91. The first kappa shape index (κ1) is 13.3. The van der Waals surface area contributed by atoms with Crippen LogP contribution in [0.5, 0.6) is 0 Å². The van der Waals surface area contributed by atoms with Crippen LogP contribution in [0.2, 0.25) is 0 Å². The first-order valence-electron chi connectivity index (χ1n) is 8.01. The minimum absolute atomic E-state index is 0.139. The molecule has 1 aliphatic carbocycles. The van der Waals surface area contributed by atoms with Crippen LogP contribution in [0.3, 0.4) is 0 Å². The molecule has 1 aromatic rings. The minimum Gasteiger partial charge on any atom is -0.373 e. The van der Waals surface area contributed by atoms with Gasteiger partial charge in [-0.25, -0.2) is 0 Å². The molecular weight excluding hydrogens is 264 g/mol. The molecule has 112 valence electrons. The van der Waals surface area contributed by atoms with Gasteiger partial charge >= 0.3 is 0 Å². The maximum atomic E-state index is 12.6. The first-order valence-corrected chi connectivity index (χ1v) is 8.01. The average molecular weight is 286 g/mol. The summed E-state index contributed by atoms with van der Waals surface area (Å²) in [5.41, 5.74) is 0.782. The van der Waals surface area contributed by atoms with E-state index in [1.165, 1.54) is 19.4 Å². The number of rotatable bonds is 3. The highest BCUT2D eigenvalue weighted by molar-refractivity contribution is 5.94. The largest absolute Gasteiger partial charge is 0.373 e. The molecule has 2 atom stereocenters. The Morgan fingerprint density at radius 3 is 2.76 bits per heavy atom. The Labute approximate surface area is 125 Å². The van der Waals surface area contributed by atoms with Crippen molar-refractivity contribution in [2.45, 2.75) is 25.0 Å². The van der Waals surface area contributed by atoms with E-state index in [0.29, 0.717) is 6.04 Å². The highest BCUT2D eigenvalue weighted by Gasteiger charge is 2.43. The molecular formula is C17H22N2O2. The van der Waals surface area contributed by atoms with Crippen LogP contribution >= 0.6 is 0 Å². The Balaban J connectivity index is 1.46. The van der Waals surface area contributed by atoms with Gasteiger partial charge in [0.15, 0.2) is 0 Å². The van der Waals surface area contributed by atoms with Gasteiger partial charge in [0.1, 0.15) is 0 Å². The van der Waals surface area contributed by atoms with Gasteiger partial charge in [-0.15, -0.1) is 0 Å². The molecule has 3 aliphatic rings. The zero-order valence-corrected chi connectivity index (χ0v) is 12.3. The zero-order valence-electron chi connectivity index (χ0n) is 12.3. The molecule has 4 nitrogen and oxygen atoms in total. The van der Waals surface area contributed by atoms with E-state index in [4.69, 9.17) is 4.74 Å².